The van der Waals surface area contributed by atoms with Crippen molar-refractivity contribution >= 4 is 17.3 Å². The number of hydrogen-bond donors (Lipinski definition) is 2. The van der Waals surface area contributed by atoms with Crippen LogP contribution < -0.4 is 11.1 Å². The number of halogens is 9. The lowest BCUT2D eigenvalue weighted by Crippen LogP contribution is -2.61. The van der Waals surface area contributed by atoms with E-state index < -0.39 is 42.0 Å². The van der Waals surface area contributed by atoms with Gasteiger partial charge in [0.25, 0.3) is 0 Å². The molecule has 0 saturated carbocycles. The summed E-state index contributed by atoms with van der Waals surface area (Å²) < 4.78 is 111. The van der Waals surface area contributed by atoms with E-state index in [-0.39, 0.29) is 0 Å². The number of nitrogens with one attached hydrogen (secondary N) is 1. The van der Waals surface area contributed by atoms with E-state index in [4.69, 9.17) is 5.73 Å². The molecule has 0 unspecified atom stereocenters. The van der Waals surface area contributed by atoms with Gasteiger partial charge in [-0.3, -0.25) is 0 Å². The molecule has 0 rings (SSSR count). The number of nitrogens with two attached hydrogens (primary N) is 1. The van der Waals surface area contributed by atoms with Crippen molar-refractivity contribution in [3.8, 4) is 0 Å². The van der Waals surface area contributed by atoms with Gasteiger partial charge in [0.05, 0.1) is 0 Å². The molecule has 0 bridgehead atoms. The van der Waals surface area contributed by atoms with Crippen LogP contribution in [0.1, 0.15) is 6.42 Å². The maximum Gasteiger partial charge on any atom is 0.460 e. The molecule has 0 radical (unpaired) electrons. The lowest BCUT2D eigenvalue weighted by Gasteiger charge is -2.33. The second-order valence-corrected chi connectivity index (χ2v) is 3.83. The minimum absolute atomic E-state index is 0.596. The molecule has 0 fully saturated rings. The summed E-state index contributed by atoms with van der Waals surface area (Å²) in [6, 6.07) is 0. The van der Waals surface area contributed by atoms with Crippen LogP contribution in [0.2, 0.25) is 0 Å². The van der Waals surface area contributed by atoms with Crippen LogP contribution in [-0.4, -0.2) is 35.6 Å². The Labute approximate surface area is 106 Å². The topological polar surface area (TPSA) is 38.0 Å². The molecule has 0 heterocycles. The summed E-state index contributed by atoms with van der Waals surface area (Å²) in [4.78, 5) is 0. The molecule has 12 heteroatoms. The van der Waals surface area contributed by atoms with Gasteiger partial charge in [0.2, 0.25) is 0 Å². The van der Waals surface area contributed by atoms with Crippen molar-refractivity contribution in [2.45, 2.75) is 30.4 Å². The van der Waals surface area contributed by atoms with Gasteiger partial charge in [-0.2, -0.15) is 39.5 Å². The van der Waals surface area contributed by atoms with Gasteiger partial charge in [0.1, 0.15) is 0 Å². The number of alkyl halides is 9. The fourth-order valence-corrected chi connectivity index (χ4v) is 1.01. The third-order valence-corrected chi connectivity index (χ3v) is 2.09. The van der Waals surface area contributed by atoms with Crippen LogP contribution in [0, 0.1) is 0 Å². The predicted octanol–water partition coefficient (Wildman–Crippen LogP) is 2.68. The van der Waals surface area contributed by atoms with E-state index in [1.807, 2.05) is 0 Å². The predicted molar refractivity (Wildman–Crippen MR) is 50.3 cm³/mol. The average Bonchev–Trinajstić information content (AvgIpc) is 2.14. The molecule has 0 aliphatic rings. The minimum atomic E-state index is -6.87. The first kappa shape index (κ1) is 18.1. The standard InChI is InChI=1S/C7H7F9N2S/c8-4(9,1-2-18-3(17)19)5(10,11)6(12,13)7(14,15)16/h1-2H2,(H3,17,18,19). The van der Waals surface area contributed by atoms with E-state index in [2.05, 4.69) is 12.2 Å². The normalized spacial score (nSPS) is 14.4. The number of rotatable bonds is 5. The first-order chi connectivity index (χ1) is 8.17. The van der Waals surface area contributed by atoms with Crippen molar-refractivity contribution in [1.82, 2.24) is 5.32 Å². The Balaban J connectivity index is 5.11. The zero-order valence-corrected chi connectivity index (χ0v) is 9.62. The summed E-state index contributed by atoms with van der Waals surface area (Å²) in [6.45, 7) is -1.09. The SMILES string of the molecule is NC(=S)NCCC(F)(F)C(F)(F)C(F)(F)C(F)(F)F. The van der Waals surface area contributed by atoms with Crippen LogP contribution in [-0.2, 0) is 0 Å². The number of hydrogen-bond acceptors (Lipinski definition) is 1. The van der Waals surface area contributed by atoms with Gasteiger partial charge in [0.15, 0.2) is 5.11 Å². The highest BCUT2D eigenvalue weighted by Gasteiger charge is 2.81. The summed E-state index contributed by atoms with van der Waals surface area (Å²) >= 11 is 4.12. The van der Waals surface area contributed by atoms with Crippen molar-refractivity contribution in [3.05, 3.63) is 0 Å². The van der Waals surface area contributed by atoms with Crippen LogP contribution in [0.4, 0.5) is 39.5 Å². The molecular formula is C7H7F9N2S. The Morgan fingerprint density at radius 3 is 1.63 bits per heavy atom. The summed E-state index contributed by atoms with van der Waals surface area (Å²) in [6.07, 6.45) is -8.82. The molecule has 19 heavy (non-hydrogen) atoms. The highest BCUT2D eigenvalue weighted by Crippen LogP contribution is 2.53. The van der Waals surface area contributed by atoms with E-state index in [0.29, 0.717) is 0 Å². The largest absolute Gasteiger partial charge is 0.460 e. The van der Waals surface area contributed by atoms with E-state index >= 15 is 0 Å². The van der Waals surface area contributed by atoms with Crippen molar-refractivity contribution in [2.75, 3.05) is 6.54 Å². The molecule has 0 aliphatic carbocycles. The lowest BCUT2D eigenvalue weighted by atomic mass is 10.0. The molecule has 0 spiro atoms. The lowest BCUT2D eigenvalue weighted by molar-refractivity contribution is -0.396. The second-order valence-electron chi connectivity index (χ2n) is 3.39. The van der Waals surface area contributed by atoms with Crippen molar-refractivity contribution in [3.63, 3.8) is 0 Å². The highest BCUT2D eigenvalue weighted by molar-refractivity contribution is 7.80. The molecule has 3 N–H and O–H groups in total. The fraction of sp³-hybridized carbons (Fsp3) is 0.857. The van der Waals surface area contributed by atoms with Crippen LogP contribution in [0.15, 0.2) is 0 Å². The van der Waals surface area contributed by atoms with Gasteiger partial charge in [-0.15, -0.1) is 0 Å². The highest BCUT2D eigenvalue weighted by atomic mass is 32.1. The van der Waals surface area contributed by atoms with Gasteiger partial charge < -0.3 is 11.1 Å². The van der Waals surface area contributed by atoms with Gasteiger partial charge in [-0.25, -0.2) is 0 Å². The molecule has 0 aromatic rings. The average molecular weight is 322 g/mol. The molecule has 114 valence electrons. The summed E-state index contributed by atoms with van der Waals surface area (Å²) in [5.74, 6) is -19.1. The minimum Gasteiger partial charge on any atom is -0.376 e. The Kier molecular flexibility index (Phi) is 4.95. The molecule has 0 aromatic heterocycles. The summed E-state index contributed by atoms with van der Waals surface area (Å²) in [5, 5.41) is 1.14. The maximum absolute atomic E-state index is 12.8. The molecular weight excluding hydrogens is 315 g/mol. The zero-order chi connectivity index (χ0) is 15.7. The van der Waals surface area contributed by atoms with Crippen molar-refractivity contribution in [1.29, 1.82) is 0 Å². The van der Waals surface area contributed by atoms with Crippen molar-refractivity contribution in [2.24, 2.45) is 5.73 Å². The zero-order valence-electron chi connectivity index (χ0n) is 8.80. The summed E-state index contributed by atoms with van der Waals surface area (Å²) in [5.41, 5.74) is 4.75. The maximum atomic E-state index is 12.8. The third-order valence-electron chi connectivity index (χ3n) is 1.95. The first-order valence-electron chi connectivity index (χ1n) is 4.40. The molecule has 0 aromatic carbocycles. The van der Waals surface area contributed by atoms with Crippen LogP contribution >= 0.6 is 12.2 Å². The number of thiocarbonyl (C=S) groups is 1. The van der Waals surface area contributed by atoms with Crippen LogP contribution in [0.3, 0.4) is 0 Å². The smallest absolute Gasteiger partial charge is 0.376 e. The molecule has 0 amide bonds. The van der Waals surface area contributed by atoms with Gasteiger partial charge >= 0.3 is 23.9 Å². The molecule has 0 atom stereocenters. The second kappa shape index (κ2) is 5.21. The molecule has 0 aliphatic heterocycles. The molecule has 2 nitrogen and oxygen atoms in total. The van der Waals surface area contributed by atoms with E-state index in [9.17, 15) is 39.5 Å². The Bertz CT molecular complexity index is 338. The van der Waals surface area contributed by atoms with E-state index in [0.717, 1.165) is 0 Å². The Morgan fingerprint density at radius 1 is 0.895 bits per heavy atom. The Hall–Kier alpha value is -0.940. The quantitative estimate of drug-likeness (QED) is 0.604. The van der Waals surface area contributed by atoms with Crippen LogP contribution in [0.5, 0.6) is 0 Å². The van der Waals surface area contributed by atoms with Crippen LogP contribution in [0.25, 0.3) is 0 Å². The first-order valence-corrected chi connectivity index (χ1v) is 4.81. The Morgan fingerprint density at radius 2 is 1.32 bits per heavy atom. The van der Waals surface area contributed by atoms with Gasteiger partial charge in [-0.05, 0) is 12.2 Å². The van der Waals surface area contributed by atoms with Crippen molar-refractivity contribution < 1.29 is 39.5 Å². The fourth-order valence-electron chi connectivity index (χ4n) is 0.907. The van der Waals surface area contributed by atoms with E-state index in [1.165, 1.54) is 0 Å². The monoisotopic (exact) mass is 322 g/mol. The van der Waals surface area contributed by atoms with Gasteiger partial charge in [-0.1, -0.05) is 0 Å². The molecule has 0 saturated heterocycles. The summed E-state index contributed by atoms with van der Waals surface area (Å²) in [7, 11) is 0. The van der Waals surface area contributed by atoms with E-state index in [1.54, 1.807) is 5.32 Å². The van der Waals surface area contributed by atoms with Gasteiger partial charge in [0, 0.05) is 13.0 Å². The third kappa shape index (κ3) is 3.54.